The van der Waals surface area contributed by atoms with Gasteiger partial charge in [0.15, 0.2) is 0 Å². The van der Waals surface area contributed by atoms with Crippen molar-refractivity contribution in [2.24, 2.45) is 11.7 Å². The fourth-order valence-corrected chi connectivity index (χ4v) is 2.60. The van der Waals surface area contributed by atoms with Crippen molar-refractivity contribution in [1.29, 1.82) is 0 Å². The van der Waals surface area contributed by atoms with Gasteiger partial charge in [-0.15, -0.1) is 0 Å². The first kappa shape index (κ1) is 15.7. The molecule has 2 N–H and O–H groups in total. The minimum atomic E-state index is -2.86. The van der Waals surface area contributed by atoms with Crippen molar-refractivity contribution in [3.63, 3.8) is 0 Å². The predicted molar refractivity (Wildman–Crippen MR) is 75.4 cm³/mol. The molecule has 2 unspecified atom stereocenters. The van der Waals surface area contributed by atoms with Crippen LogP contribution in [-0.4, -0.2) is 36.5 Å². The molecule has 0 radical (unpaired) electrons. The molecule has 1 aromatic rings. The van der Waals surface area contributed by atoms with E-state index in [0.717, 1.165) is 12.8 Å². The number of piperidine rings is 1. The van der Waals surface area contributed by atoms with E-state index >= 15 is 0 Å². The normalized spacial score (nSPS) is 22.4. The van der Waals surface area contributed by atoms with Gasteiger partial charge in [0, 0.05) is 18.2 Å². The summed E-state index contributed by atoms with van der Waals surface area (Å²) >= 11 is 0. The number of rotatable bonds is 4. The molecule has 1 amide bonds. The third-order valence-corrected chi connectivity index (χ3v) is 3.90. The van der Waals surface area contributed by atoms with Gasteiger partial charge in [0.2, 0.25) is 0 Å². The summed E-state index contributed by atoms with van der Waals surface area (Å²) in [5.41, 5.74) is 6.16. The molecule has 1 heterocycles. The summed E-state index contributed by atoms with van der Waals surface area (Å²) in [6.07, 6.45) is 1.96. The maximum atomic E-state index is 12.5. The number of carbonyl (C=O) groups excluding carboxylic acids is 1. The lowest BCUT2D eigenvalue weighted by Crippen LogP contribution is -2.47. The summed E-state index contributed by atoms with van der Waals surface area (Å²) in [6.45, 7) is 0.363. The highest BCUT2D eigenvalue weighted by molar-refractivity contribution is 5.94. The number of amides is 1. The largest absolute Gasteiger partial charge is 0.435 e. The molecule has 0 aliphatic carbocycles. The Kier molecular flexibility index (Phi) is 5.12. The Bertz CT molecular complexity index is 479. The Hall–Kier alpha value is -1.69. The molecule has 2 rings (SSSR count). The lowest BCUT2D eigenvalue weighted by Gasteiger charge is -2.37. The lowest BCUT2D eigenvalue weighted by atomic mass is 9.93. The smallest absolute Gasteiger partial charge is 0.387 e. The van der Waals surface area contributed by atoms with Crippen LogP contribution >= 0.6 is 0 Å². The van der Waals surface area contributed by atoms with Crippen molar-refractivity contribution >= 4 is 5.91 Å². The van der Waals surface area contributed by atoms with Gasteiger partial charge in [-0.1, -0.05) is 0 Å². The average Bonchev–Trinajstić information content (AvgIpc) is 2.47. The van der Waals surface area contributed by atoms with E-state index in [0.29, 0.717) is 24.6 Å². The highest BCUT2D eigenvalue weighted by Gasteiger charge is 2.28. The molecule has 116 valence electrons. The molecule has 1 aromatic carbocycles. The highest BCUT2D eigenvalue weighted by atomic mass is 19.3. The van der Waals surface area contributed by atoms with E-state index in [4.69, 9.17) is 5.73 Å². The van der Waals surface area contributed by atoms with E-state index in [1.807, 2.05) is 11.8 Å². The molecule has 0 spiro atoms. The van der Waals surface area contributed by atoms with E-state index in [9.17, 15) is 13.6 Å². The second kappa shape index (κ2) is 6.85. The quantitative estimate of drug-likeness (QED) is 0.929. The molecular weight excluding hydrogens is 278 g/mol. The first-order valence-electron chi connectivity index (χ1n) is 7.07. The van der Waals surface area contributed by atoms with Gasteiger partial charge in [-0.2, -0.15) is 8.78 Å². The highest BCUT2D eigenvalue weighted by Crippen LogP contribution is 2.24. The zero-order chi connectivity index (χ0) is 15.4. The molecule has 0 aromatic heterocycles. The number of carbonyl (C=O) groups is 1. The van der Waals surface area contributed by atoms with Crippen molar-refractivity contribution in [3.8, 4) is 5.75 Å². The predicted octanol–water partition coefficient (Wildman–Crippen LogP) is 2.49. The zero-order valence-corrected chi connectivity index (χ0v) is 12.0. The standard InChI is InChI=1S/C15H20F2N2O2/c1-10-2-3-11(8-18)9-19(10)14(20)12-4-6-13(7-5-12)21-15(16)17/h4-7,10-11,15H,2-3,8-9,18H2,1H3. The number of hydrogen-bond donors (Lipinski definition) is 1. The number of halogens is 2. The van der Waals surface area contributed by atoms with Crippen LogP contribution in [0.1, 0.15) is 30.1 Å². The van der Waals surface area contributed by atoms with E-state index < -0.39 is 6.61 Å². The van der Waals surface area contributed by atoms with Crippen LogP contribution < -0.4 is 10.5 Å². The van der Waals surface area contributed by atoms with Crippen molar-refractivity contribution in [2.75, 3.05) is 13.1 Å². The first-order valence-corrected chi connectivity index (χ1v) is 7.07. The van der Waals surface area contributed by atoms with Gasteiger partial charge in [-0.05, 0) is 56.5 Å². The molecule has 1 aliphatic heterocycles. The summed E-state index contributed by atoms with van der Waals surface area (Å²) in [7, 11) is 0. The maximum Gasteiger partial charge on any atom is 0.387 e. The molecule has 0 saturated carbocycles. The maximum absolute atomic E-state index is 12.5. The van der Waals surface area contributed by atoms with Crippen molar-refractivity contribution in [3.05, 3.63) is 29.8 Å². The number of hydrogen-bond acceptors (Lipinski definition) is 3. The van der Waals surface area contributed by atoms with Gasteiger partial charge in [0.05, 0.1) is 0 Å². The summed E-state index contributed by atoms with van der Waals surface area (Å²) in [4.78, 5) is 14.3. The summed E-state index contributed by atoms with van der Waals surface area (Å²) in [6, 6.07) is 5.96. The fourth-order valence-electron chi connectivity index (χ4n) is 2.60. The molecular formula is C15H20F2N2O2. The van der Waals surface area contributed by atoms with Gasteiger partial charge >= 0.3 is 6.61 Å². The molecule has 2 atom stereocenters. The van der Waals surface area contributed by atoms with Crippen LogP contribution in [0.2, 0.25) is 0 Å². The monoisotopic (exact) mass is 298 g/mol. The summed E-state index contributed by atoms with van der Waals surface area (Å²) < 4.78 is 28.5. The first-order chi connectivity index (χ1) is 10.0. The number of ether oxygens (including phenoxy) is 1. The van der Waals surface area contributed by atoms with Gasteiger partial charge < -0.3 is 15.4 Å². The Morgan fingerprint density at radius 3 is 2.62 bits per heavy atom. The molecule has 4 nitrogen and oxygen atoms in total. The lowest BCUT2D eigenvalue weighted by molar-refractivity contribution is -0.0498. The van der Waals surface area contributed by atoms with E-state index in [-0.39, 0.29) is 17.7 Å². The van der Waals surface area contributed by atoms with Crippen LogP contribution in [0.5, 0.6) is 5.75 Å². The average molecular weight is 298 g/mol. The molecule has 1 saturated heterocycles. The Morgan fingerprint density at radius 2 is 2.05 bits per heavy atom. The second-order valence-electron chi connectivity index (χ2n) is 5.39. The van der Waals surface area contributed by atoms with E-state index in [2.05, 4.69) is 4.74 Å². The minimum absolute atomic E-state index is 0.0491. The van der Waals surface area contributed by atoms with Crippen LogP contribution in [0, 0.1) is 5.92 Å². The topological polar surface area (TPSA) is 55.6 Å². The van der Waals surface area contributed by atoms with Crippen LogP contribution in [0.25, 0.3) is 0 Å². The Morgan fingerprint density at radius 1 is 1.38 bits per heavy atom. The molecule has 6 heteroatoms. The minimum Gasteiger partial charge on any atom is -0.435 e. The number of alkyl halides is 2. The van der Waals surface area contributed by atoms with E-state index in [1.54, 1.807) is 0 Å². The summed E-state index contributed by atoms with van der Waals surface area (Å²) in [5.74, 6) is 0.281. The zero-order valence-electron chi connectivity index (χ0n) is 12.0. The van der Waals surface area contributed by atoms with Crippen molar-refractivity contribution in [1.82, 2.24) is 4.90 Å². The molecule has 1 fully saturated rings. The SMILES string of the molecule is CC1CCC(CN)CN1C(=O)c1ccc(OC(F)F)cc1. The number of likely N-dealkylation sites (tertiary alicyclic amines) is 1. The van der Waals surface area contributed by atoms with E-state index in [1.165, 1.54) is 24.3 Å². The number of benzene rings is 1. The van der Waals surface area contributed by atoms with Crippen molar-refractivity contribution in [2.45, 2.75) is 32.4 Å². The van der Waals surface area contributed by atoms with Gasteiger partial charge in [0.1, 0.15) is 5.75 Å². The number of nitrogens with two attached hydrogens (primary N) is 1. The molecule has 21 heavy (non-hydrogen) atoms. The third kappa shape index (κ3) is 3.91. The van der Waals surface area contributed by atoms with Crippen LogP contribution in [-0.2, 0) is 0 Å². The Labute approximate surface area is 122 Å². The Balaban J connectivity index is 2.07. The van der Waals surface area contributed by atoms with Crippen LogP contribution in [0.3, 0.4) is 0 Å². The fraction of sp³-hybridized carbons (Fsp3) is 0.533. The second-order valence-corrected chi connectivity index (χ2v) is 5.39. The third-order valence-electron chi connectivity index (χ3n) is 3.90. The summed E-state index contributed by atoms with van der Waals surface area (Å²) in [5, 5.41) is 0. The molecule has 0 bridgehead atoms. The van der Waals surface area contributed by atoms with Gasteiger partial charge in [0.25, 0.3) is 5.91 Å². The van der Waals surface area contributed by atoms with Crippen LogP contribution in [0.15, 0.2) is 24.3 Å². The van der Waals surface area contributed by atoms with Gasteiger partial charge in [-0.25, -0.2) is 0 Å². The van der Waals surface area contributed by atoms with Gasteiger partial charge in [-0.3, -0.25) is 4.79 Å². The molecule has 1 aliphatic rings. The van der Waals surface area contributed by atoms with Crippen molar-refractivity contribution < 1.29 is 18.3 Å². The number of nitrogens with zero attached hydrogens (tertiary/aromatic N) is 1. The van der Waals surface area contributed by atoms with Crippen LogP contribution in [0.4, 0.5) is 8.78 Å².